The minimum atomic E-state index is -0.0982. The van der Waals surface area contributed by atoms with Crippen LogP contribution in [0.2, 0.25) is 5.02 Å². The highest BCUT2D eigenvalue weighted by Crippen LogP contribution is 2.33. The van der Waals surface area contributed by atoms with Crippen LogP contribution in [0.1, 0.15) is 31.5 Å². The first-order valence-electron chi connectivity index (χ1n) is 8.21. The maximum Gasteiger partial charge on any atom is 0.322 e. The fourth-order valence-corrected chi connectivity index (χ4v) is 3.42. The average molecular weight is 348 g/mol. The maximum atomic E-state index is 12.7. The van der Waals surface area contributed by atoms with Gasteiger partial charge in [0.2, 0.25) is 0 Å². The molecule has 5 nitrogen and oxygen atoms in total. The lowest BCUT2D eigenvalue weighted by molar-refractivity contribution is 0.205. The molecule has 1 saturated heterocycles. The average Bonchev–Trinajstić information content (AvgIpc) is 3.18. The lowest BCUT2D eigenvalue weighted by atomic mass is 10.1. The highest BCUT2D eigenvalue weighted by atomic mass is 35.5. The zero-order chi connectivity index (χ0) is 17.1. The van der Waals surface area contributed by atoms with E-state index in [0.717, 1.165) is 25.1 Å². The Kier molecular flexibility index (Phi) is 5.00. The highest BCUT2D eigenvalue weighted by Gasteiger charge is 2.31. The number of halogens is 1. The van der Waals surface area contributed by atoms with Gasteiger partial charge in [0.15, 0.2) is 0 Å². The molecule has 0 radical (unpaired) electrons. The van der Waals surface area contributed by atoms with E-state index in [1.54, 1.807) is 12.1 Å². The van der Waals surface area contributed by atoms with Crippen LogP contribution in [0, 0.1) is 0 Å². The van der Waals surface area contributed by atoms with E-state index < -0.39 is 0 Å². The predicted molar refractivity (Wildman–Crippen MR) is 95.7 cm³/mol. The first kappa shape index (κ1) is 16.7. The summed E-state index contributed by atoms with van der Waals surface area (Å²) in [5.74, 6) is 0.625. The van der Waals surface area contributed by atoms with Crippen molar-refractivity contribution in [2.75, 3.05) is 18.5 Å². The van der Waals surface area contributed by atoms with Crippen molar-refractivity contribution >= 4 is 23.3 Å². The Balaban J connectivity index is 1.72. The van der Waals surface area contributed by atoms with Crippen molar-refractivity contribution in [1.29, 1.82) is 0 Å². The monoisotopic (exact) mass is 347 g/mol. The third-order valence-corrected chi connectivity index (χ3v) is 4.62. The summed E-state index contributed by atoms with van der Waals surface area (Å²) in [4.78, 5) is 14.6. The molecule has 128 valence electrons. The predicted octanol–water partition coefficient (Wildman–Crippen LogP) is 4.45. The normalized spacial score (nSPS) is 17.1. The van der Waals surface area contributed by atoms with Crippen molar-refractivity contribution in [3.8, 4) is 5.75 Å². The van der Waals surface area contributed by atoms with Crippen molar-refractivity contribution in [2.24, 2.45) is 7.05 Å². The summed E-state index contributed by atoms with van der Waals surface area (Å²) in [6, 6.07) is 9.41. The van der Waals surface area contributed by atoms with Crippen LogP contribution in [0.3, 0.4) is 0 Å². The van der Waals surface area contributed by atoms with E-state index in [1.807, 2.05) is 37.2 Å². The fraction of sp³-hybridized carbons (Fsp3) is 0.389. The van der Waals surface area contributed by atoms with Gasteiger partial charge in [-0.2, -0.15) is 0 Å². The maximum absolute atomic E-state index is 12.7. The number of amides is 2. The smallest absolute Gasteiger partial charge is 0.322 e. The second-order valence-electron chi connectivity index (χ2n) is 5.90. The molecule has 0 spiro atoms. The molecule has 0 aliphatic carbocycles. The molecule has 1 aromatic heterocycles. The standard InChI is InChI=1S/C18H22ClN3O2/c1-3-24-17-9-8-13(12-14(17)19)20-18(23)22-11-5-7-16(22)15-6-4-10-21(15)2/h4,6,8-10,12,16H,3,5,7,11H2,1-2H3,(H,20,23). The summed E-state index contributed by atoms with van der Waals surface area (Å²) in [6.45, 7) is 3.22. The number of carbonyl (C=O) groups excluding carboxylic acids is 1. The van der Waals surface area contributed by atoms with Crippen molar-refractivity contribution in [3.63, 3.8) is 0 Å². The Morgan fingerprint density at radius 1 is 1.42 bits per heavy atom. The Morgan fingerprint density at radius 3 is 2.92 bits per heavy atom. The number of anilines is 1. The lowest BCUT2D eigenvalue weighted by Gasteiger charge is -2.25. The topological polar surface area (TPSA) is 46.5 Å². The number of carbonyl (C=O) groups is 1. The Morgan fingerprint density at radius 2 is 2.25 bits per heavy atom. The molecular formula is C18H22ClN3O2. The summed E-state index contributed by atoms with van der Waals surface area (Å²) in [7, 11) is 2.01. The van der Waals surface area contributed by atoms with Gasteiger partial charge in [0, 0.05) is 31.2 Å². The minimum absolute atomic E-state index is 0.0982. The van der Waals surface area contributed by atoms with Crippen LogP contribution in [0.25, 0.3) is 0 Å². The van der Waals surface area contributed by atoms with Crippen molar-refractivity contribution in [3.05, 3.63) is 47.2 Å². The van der Waals surface area contributed by atoms with Crippen LogP contribution in [-0.2, 0) is 7.05 Å². The largest absolute Gasteiger partial charge is 0.492 e. The number of urea groups is 1. The lowest BCUT2D eigenvalue weighted by Crippen LogP contribution is -2.35. The molecule has 0 bridgehead atoms. The van der Waals surface area contributed by atoms with Gasteiger partial charge < -0.3 is 19.5 Å². The van der Waals surface area contributed by atoms with E-state index in [4.69, 9.17) is 16.3 Å². The molecule has 2 aromatic rings. The van der Waals surface area contributed by atoms with E-state index >= 15 is 0 Å². The molecule has 2 heterocycles. The molecule has 3 rings (SSSR count). The molecule has 2 amide bonds. The SMILES string of the molecule is CCOc1ccc(NC(=O)N2CCCC2c2cccn2C)cc1Cl. The number of benzene rings is 1. The van der Waals surface area contributed by atoms with Crippen LogP contribution in [0.4, 0.5) is 10.5 Å². The van der Waals surface area contributed by atoms with Crippen LogP contribution >= 0.6 is 11.6 Å². The van der Waals surface area contributed by atoms with Crippen LogP contribution in [-0.4, -0.2) is 28.6 Å². The fourth-order valence-electron chi connectivity index (χ4n) is 3.18. The Labute approximate surface area is 147 Å². The van der Waals surface area contributed by atoms with Crippen molar-refractivity contribution < 1.29 is 9.53 Å². The second-order valence-corrected chi connectivity index (χ2v) is 6.31. The van der Waals surface area contributed by atoms with Gasteiger partial charge in [-0.3, -0.25) is 0 Å². The van der Waals surface area contributed by atoms with Gasteiger partial charge in [-0.15, -0.1) is 0 Å². The molecule has 1 fully saturated rings. The number of hydrogen-bond donors (Lipinski definition) is 1. The zero-order valence-corrected chi connectivity index (χ0v) is 14.7. The van der Waals surface area contributed by atoms with E-state index in [2.05, 4.69) is 16.0 Å². The van der Waals surface area contributed by atoms with Gasteiger partial charge in [-0.05, 0) is 50.1 Å². The molecule has 1 aromatic carbocycles. The Hall–Kier alpha value is -2.14. The van der Waals surface area contributed by atoms with Gasteiger partial charge in [-0.1, -0.05) is 11.6 Å². The van der Waals surface area contributed by atoms with Gasteiger partial charge in [0.05, 0.1) is 17.7 Å². The molecule has 1 N–H and O–H groups in total. The van der Waals surface area contributed by atoms with Crippen LogP contribution in [0.5, 0.6) is 5.75 Å². The number of likely N-dealkylation sites (tertiary alicyclic amines) is 1. The van der Waals surface area contributed by atoms with Gasteiger partial charge >= 0.3 is 6.03 Å². The molecule has 1 aliphatic heterocycles. The first-order chi connectivity index (χ1) is 11.6. The first-order valence-corrected chi connectivity index (χ1v) is 8.59. The third-order valence-electron chi connectivity index (χ3n) is 4.32. The van der Waals surface area contributed by atoms with Gasteiger partial charge in [-0.25, -0.2) is 4.79 Å². The van der Waals surface area contributed by atoms with Crippen molar-refractivity contribution in [1.82, 2.24) is 9.47 Å². The molecule has 1 aliphatic rings. The van der Waals surface area contributed by atoms with Crippen LogP contribution in [0.15, 0.2) is 36.5 Å². The summed E-state index contributed by atoms with van der Waals surface area (Å²) in [6.07, 6.45) is 4.00. The number of hydrogen-bond acceptors (Lipinski definition) is 2. The number of rotatable bonds is 4. The van der Waals surface area contributed by atoms with E-state index in [-0.39, 0.29) is 12.1 Å². The molecular weight excluding hydrogens is 326 g/mol. The summed E-state index contributed by atoms with van der Waals surface area (Å²) in [5, 5.41) is 3.44. The van der Waals surface area contributed by atoms with Crippen molar-refractivity contribution in [2.45, 2.75) is 25.8 Å². The van der Waals surface area contributed by atoms with Gasteiger partial charge in [0.1, 0.15) is 5.75 Å². The number of aryl methyl sites for hydroxylation is 1. The van der Waals surface area contributed by atoms with Gasteiger partial charge in [0.25, 0.3) is 0 Å². The van der Waals surface area contributed by atoms with E-state index in [0.29, 0.717) is 23.1 Å². The Bertz CT molecular complexity index is 729. The number of nitrogens with zero attached hydrogens (tertiary/aromatic N) is 2. The summed E-state index contributed by atoms with van der Waals surface area (Å²) >= 11 is 6.19. The second kappa shape index (κ2) is 7.18. The highest BCUT2D eigenvalue weighted by molar-refractivity contribution is 6.32. The number of ether oxygens (including phenoxy) is 1. The summed E-state index contributed by atoms with van der Waals surface area (Å²) in [5.41, 5.74) is 1.83. The number of aromatic nitrogens is 1. The van der Waals surface area contributed by atoms with Crippen LogP contribution < -0.4 is 10.1 Å². The molecule has 0 saturated carbocycles. The number of nitrogens with one attached hydrogen (secondary N) is 1. The molecule has 1 atom stereocenters. The zero-order valence-electron chi connectivity index (χ0n) is 14.0. The molecule has 6 heteroatoms. The minimum Gasteiger partial charge on any atom is -0.492 e. The molecule has 1 unspecified atom stereocenters. The third kappa shape index (κ3) is 3.36. The summed E-state index contributed by atoms with van der Waals surface area (Å²) < 4.78 is 7.49. The van der Waals surface area contributed by atoms with E-state index in [9.17, 15) is 4.79 Å². The quantitative estimate of drug-likeness (QED) is 0.888. The van der Waals surface area contributed by atoms with E-state index in [1.165, 1.54) is 0 Å². The molecule has 24 heavy (non-hydrogen) atoms.